The standard InChI is InChI=1S/C15H15BrN2O3/c16-11-3-4-12-10(6-11)7-13(17-12)14(19)18-5-1-2-9(8-18)15(20)21/h3-4,6-7,9,17H,1-2,5,8H2,(H,20,21)/t9-/m0/s1. The number of halogens is 1. The molecule has 1 aliphatic heterocycles. The molecule has 0 radical (unpaired) electrons. The fourth-order valence-electron chi connectivity index (χ4n) is 2.75. The van der Waals surface area contributed by atoms with E-state index in [2.05, 4.69) is 20.9 Å². The number of amides is 1. The fourth-order valence-corrected chi connectivity index (χ4v) is 3.13. The van der Waals surface area contributed by atoms with Crippen LogP contribution in [0.2, 0.25) is 0 Å². The molecule has 0 aliphatic carbocycles. The maximum Gasteiger partial charge on any atom is 0.308 e. The van der Waals surface area contributed by atoms with Crippen molar-refractivity contribution in [1.82, 2.24) is 9.88 Å². The average Bonchev–Trinajstić information content (AvgIpc) is 2.89. The van der Waals surface area contributed by atoms with Gasteiger partial charge in [-0.1, -0.05) is 15.9 Å². The van der Waals surface area contributed by atoms with Gasteiger partial charge in [-0.2, -0.15) is 0 Å². The minimum Gasteiger partial charge on any atom is -0.481 e. The number of carbonyl (C=O) groups is 2. The summed E-state index contributed by atoms with van der Waals surface area (Å²) < 4.78 is 0.955. The summed E-state index contributed by atoms with van der Waals surface area (Å²) >= 11 is 3.40. The van der Waals surface area contributed by atoms with Crippen LogP contribution >= 0.6 is 15.9 Å². The molecule has 1 aliphatic rings. The monoisotopic (exact) mass is 350 g/mol. The highest BCUT2D eigenvalue weighted by Crippen LogP contribution is 2.23. The van der Waals surface area contributed by atoms with E-state index in [1.165, 1.54) is 0 Å². The number of hydrogen-bond donors (Lipinski definition) is 2. The number of carboxylic acid groups (broad SMARTS) is 1. The van der Waals surface area contributed by atoms with Crippen LogP contribution < -0.4 is 0 Å². The predicted octanol–water partition coefficient (Wildman–Crippen LogP) is 2.87. The van der Waals surface area contributed by atoms with Gasteiger partial charge < -0.3 is 15.0 Å². The van der Waals surface area contributed by atoms with E-state index in [1.807, 2.05) is 24.3 Å². The molecule has 110 valence electrons. The Morgan fingerprint density at radius 3 is 2.90 bits per heavy atom. The molecular weight excluding hydrogens is 336 g/mol. The second-order valence-corrected chi connectivity index (χ2v) is 6.26. The third kappa shape index (κ3) is 2.81. The van der Waals surface area contributed by atoms with Gasteiger partial charge in [0.25, 0.3) is 5.91 Å². The van der Waals surface area contributed by atoms with E-state index >= 15 is 0 Å². The SMILES string of the molecule is O=C(O)[C@H]1CCCN(C(=O)c2cc3cc(Br)ccc3[nH]2)C1. The second kappa shape index (κ2) is 5.52. The van der Waals surface area contributed by atoms with Crippen molar-refractivity contribution in [3.8, 4) is 0 Å². The first-order valence-corrected chi connectivity index (χ1v) is 7.64. The molecule has 5 nitrogen and oxygen atoms in total. The van der Waals surface area contributed by atoms with E-state index in [0.717, 1.165) is 21.8 Å². The van der Waals surface area contributed by atoms with Crippen LogP contribution in [0.15, 0.2) is 28.7 Å². The highest BCUT2D eigenvalue weighted by molar-refractivity contribution is 9.10. The van der Waals surface area contributed by atoms with Gasteiger partial charge in [0.15, 0.2) is 0 Å². The minimum atomic E-state index is -0.826. The molecule has 1 atom stereocenters. The Labute approximate surface area is 130 Å². The minimum absolute atomic E-state index is 0.131. The summed E-state index contributed by atoms with van der Waals surface area (Å²) in [5, 5.41) is 10.1. The molecule has 0 bridgehead atoms. The largest absolute Gasteiger partial charge is 0.481 e. The third-order valence-electron chi connectivity index (χ3n) is 3.87. The van der Waals surface area contributed by atoms with Crippen molar-refractivity contribution >= 4 is 38.7 Å². The van der Waals surface area contributed by atoms with Gasteiger partial charge in [0.05, 0.1) is 5.92 Å². The van der Waals surface area contributed by atoms with Crippen molar-refractivity contribution < 1.29 is 14.7 Å². The molecule has 0 unspecified atom stereocenters. The van der Waals surface area contributed by atoms with Crippen LogP contribution in [0, 0.1) is 5.92 Å². The van der Waals surface area contributed by atoms with Crippen LogP contribution in [0.3, 0.4) is 0 Å². The first kappa shape index (κ1) is 14.1. The van der Waals surface area contributed by atoms with Gasteiger partial charge >= 0.3 is 5.97 Å². The topological polar surface area (TPSA) is 73.4 Å². The normalized spacial score (nSPS) is 18.9. The zero-order valence-corrected chi connectivity index (χ0v) is 12.9. The fraction of sp³-hybridized carbons (Fsp3) is 0.333. The number of H-pyrrole nitrogens is 1. The van der Waals surface area contributed by atoms with Gasteiger partial charge in [0.1, 0.15) is 5.69 Å². The highest BCUT2D eigenvalue weighted by atomic mass is 79.9. The van der Waals surface area contributed by atoms with Gasteiger partial charge in [-0.25, -0.2) is 0 Å². The van der Waals surface area contributed by atoms with E-state index in [-0.39, 0.29) is 12.5 Å². The summed E-state index contributed by atoms with van der Waals surface area (Å²) in [7, 11) is 0. The molecule has 1 aromatic heterocycles. The zero-order valence-electron chi connectivity index (χ0n) is 11.3. The Morgan fingerprint density at radius 2 is 2.14 bits per heavy atom. The summed E-state index contributed by atoms with van der Waals surface area (Å²) in [5.41, 5.74) is 1.41. The summed E-state index contributed by atoms with van der Waals surface area (Å²) in [6.07, 6.45) is 1.37. The number of hydrogen-bond acceptors (Lipinski definition) is 2. The number of piperidine rings is 1. The predicted molar refractivity (Wildman–Crippen MR) is 82.3 cm³/mol. The first-order valence-electron chi connectivity index (χ1n) is 6.85. The van der Waals surface area contributed by atoms with Crippen LogP contribution in [-0.2, 0) is 4.79 Å². The number of nitrogens with zero attached hydrogens (tertiary/aromatic N) is 1. The number of carbonyl (C=O) groups excluding carboxylic acids is 1. The number of rotatable bonds is 2. The quantitative estimate of drug-likeness (QED) is 0.874. The van der Waals surface area contributed by atoms with Crippen LogP contribution in [-0.4, -0.2) is 40.0 Å². The van der Waals surface area contributed by atoms with Gasteiger partial charge in [-0.05, 0) is 37.1 Å². The lowest BCUT2D eigenvalue weighted by atomic mass is 9.98. The van der Waals surface area contributed by atoms with Gasteiger partial charge in [-0.3, -0.25) is 9.59 Å². The zero-order chi connectivity index (χ0) is 15.0. The molecule has 0 saturated carbocycles. The van der Waals surface area contributed by atoms with Crippen molar-refractivity contribution in [3.63, 3.8) is 0 Å². The Hall–Kier alpha value is -1.82. The Morgan fingerprint density at radius 1 is 1.33 bits per heavy atom. The molecule has 1 aromatic carbocycles. The van der Waals surface area contributed by atoms with Crippen LogP contribution in [0.5, 0.6) is 0 Å². The number of aliphatic carboxylic acids is 1. The lowest BCUT2D eigenvalue weighted by molar-refractivity contribution is -0.143. The van der Waals surface area contributed by atoms with Crippen LogP contribution in [0.4, 0.5) is 0 Å². The second-order valence-electron chi connectivity index (χ2n) is 5.34. The highest BCUT2D eigenvalue weighted by Gasteiger charge is 2.29. The van der Waals surface area contributed by atoms with Crippen LogP contribution in [0.1, 0.15) is 23.3 Å². The molecule has 2 heterocycles. The van der Waals surface area contributed by atoms with Gasteiger partial charge in [-0.15, -0.1) is 0 Å². The van der Waals surface area contributed by atoms with Crippen molar-refractivity contribution in [2.45, 2.75) is 12.8 Å². The van der Waals surface area contributed by atoms with Crippen molar-refractivity contribution in [2.75, 3.05) is 13.1 Å². The van der Waals surface area contributed by atoms with Crippen molar-refractivity contribution in [1.29, 1.82) is 0 Å². The number of carboxylic acids is 1. The number of benzene rings is 1. The average molecular weight is 351 g/mol. The number of fused-ring (bicyclic) bond motifs is 1. The molecule has 21 heavy (non-hydrogen) atoms. The molecule has 2 N–H and O–H groups in total. The first-order chi connectivity index (χ1) is 10.0. The third-order valence-corrected chi connectivity index (χ3v) is 4.36. The van der Waals surface area contributed by atoms with Gasteiger partial charge in [0, 0.05) is 28.5 Å². The summed E-state index contributed by atoms with van der Waals surface area (Å²) in [4.78, 5) is 28.3. The number of aromatic nitrogens is 1. The van der Waals surface area contributed by atoms with Crippen molar-refractivity contribution in [3.05, 3.63) is 34.4 Å². The maximum atomic E-state index is 12.5. The lowest BCUT2D eigenvalue weighted by Gasteiger charge is -2.30. The van der Waals surface area contributed by atoms with Crippen molar-refractivity contribution in [2.24, 2.45) is 5.92 Å². The molecule has 1 fully saturated rings. The molecule has 1 amide bonds. The molecule has 1 saturated heterocycles. The number of likely N-dealkylation sites (tertiary alicyclic amines) is 1. The summed E-state index contributed by atoms with van der Waals surface area (Å²) in [5.74, 6) is -1.41. The molecule has 0 spiro atoms. The lowest BCUT2D eigenvalue weighted by Crippen LogP contribution is -2.42. The van der Waals surface area contributed by atoms with E-state index in [9.17, 15) is 9.59 Å². The number of aromatic amines is 1. The van der Waals surface area contributed by atoms with E-state index in [4.69, 9.17) is 5.11 Å². The Bertz CT molecular complexity index is 710. The molecule has 3 rings (SSSR count). The molecule has 6 heteroatoms. The Kier molecular flexibility index (Phi) is 3.71. The van der Waals surface area contributed by atoms with E-state index in [1.54, 1.807) is 4.90 Å². The van der Waals surface area contributed by atoms with E-state index < -0.39 is 11.9 Å². The maximum absolute atomic E-state index is 12.5. The summed E-state index contributed by atoms with van der Waals surface area (Å²) in [6, 6.07) is 7.58. The Balaban J connectivity index is 1.84. The number of nitrogens with one attached hydrogen (secondary N) is 1. The summed E-state index contributed by atoms with van der Waals surface area (Å²) in [6.45, 7) is 0.898. The molecular formula is C15H15BrN2O3. The van der Waals surface area contributed by atoms with Gasteiger partial charge in [0.2, 0.25) is 0 Å². The van der Waals surface area contributed by atoms with Crippen LogP contribution in [0.25, 0.3) is 10.9 Å². The smallest absolute Gasteiger partial charge is 0.308 e. The van der Waals surface area contributed by atoms with E-state index in [0.29, 0.717) is 18.7 Å². The molecule has 2 aromatic rings.